The second-order valence-corrected chi connectivity index (χ2v) is 10.2. The number of allylic oxidation sites excluding steroid dienone is 4. The molecule has 1 atom stereocenters. The topological polar surface area (TPSA) is 0 Å². The Labute approximate surface area is 199 Å². The SMILES string of the molecule is CCCC(C)c1ccc(C2CCC(/C(F)=C(\F)C3CCC(/C(F)=C/C(F)(F)F)CC3)CC2)cc1. The van der Waals surface area contributed by atoms with E-state index in [2.05, 4.69) is 38.1 Å². The standard InChI is InChI=1S/C28H36F6/c1-3-4-18(2)19-5-7-20(8-6-19)21-9-13-23(14-10-21)26(30)27(31)24-15-11-22(12-16-24)25(29)17-28(32,33)34/h5-8,17-18,21-24H,3-4,9-16H2,1-2H3/b25-17-,27-26+. The van der Waals surface area contributed by atoms with Crippen LogP contribution in [0.2, 0.25) is 0 Å². The molecule has 2 aliphatic carbocycles. The van der Waals surface area contributed by atoms with Crippen LogP contribution in [0.25, 0.3) is 0 Å². The molecule has 3 rings (SSSR count). The minimum Gasteiger partial charge on any atom is -0.212 e. The molecule has 2 saturated carbocycles. The zero-order valence-electron chi connectivity index (χ0n) is 20.1. The van der Waals surface area contributed by atoms with Crippen molar-refractivity contribution < 1.29 is 26.3 Å². The van der Waals surface area contributed by atoms with E-state index in [-0.39, 0.29) is 31.8 Å². The molecule has 0 spiro atoms. The molecule has 0 aromatic heterocycles. The average Bonchev–Trinajstić information content (AvgIpc) is 2.82. The number of hydrogen-bond acceptors (Lipinski definition) is 0. The van der Waals surface area contributed by atoms with Crippen LogP contribution >= 0.6 is 0 Å². The highest BCUT2D eigenvalue weighted by Crippen LogP contribution is 2.44. The fraction of sp³-hybridized carbons (Fsp3) is 0.643. The van der Waals surface area contributed by atoms with Gasteiger partial charge in [-0.15, -0.1) is 0 Å². The van der Waals surface area contributed by atoms with Gasteiger partial charge in [-0.05, 0) is 80.8 Å². The molecule has 34 heavy (non-hydrogen) atoms. The number of halogens is 6. The summed E-state index contributed by atoms with van der Waals surface area (Å²) in [5.74, 6) is -3.76. The monoisotopic (exact) mass is 486 g/mol. The predicted molar refractivity (Wildman–Crippen MR) is 124 cm³/mol. The first-order valence-corrected chi connectivity index (χ1v) is 12.7. The fourth-order valence-corrected chi connectivity index (χ4v) is 5.66. The summed E-state index contributed by atoms with van der Waals surface area (Å²) in [6.45, 7) is 4.41. The lowest BCUT2D eigenvalue weighted by Gasteiger charge is -2.30. The van der Waals surface area contributed by atoms with Crippen molar-refractivity contribution in [3.8, 4) is 0 Å². The van der Waals surface area contributed by atoms with Gasteiger partial charge in [-0.2, -0.15) is 13.2 Å². The summed E-state index contributed by atoms with van der Waals surface area (Å²) < 4.78 is 80.7. The molecule has 2 fully saturated rings. The van der Waals surface area contributed by atoms with Gasteiger partial charge in [0.05, 0.1) is 6.08 Å². The Balaban J connectivity index is 1.53. The fourth-order valence-electron chi connectivity index (χ4n) is 5.66. The quantitative estimate of drug-likeness (QED) is 0.336. The molecular formula is C28H36F6. The third-order valence-electron chi connectivity index (χ3n) is 7.79. The molecule has 1 aromatic carbocycles. The molecule has 0 heterocycles. The Kier molecular flexibility index (Phi) is 9.34. The molecule has 2 aliphatic rings. The Hall–Kier alpha value is -1.72. The number of hydrogen-bond donors (Lipinski definition) is 0. The van der Waals surface area contributed by atoms with E-state index in [4.69, 9.17) is 0 Å². The van der Waals surface area contributed by atoms with Gasteiger partial charge in [0.1, 0.15) is 17.5 Å². The van der Waals surface area contributed by atoms with E-state index in [1.807, 2.05) is 0 Å². The van der Waals surface area contributed by atoms with Crippen LogP contribution in [-0.4, -0.2) is 6.18 Å². The first-order valence-electron chi connectivity index (χ1n) is 12.7. The lowest BCUT2D eigenvalue weighted by molar-refractivity contribution is -0.0821. The van der Waals surface area contributed by atoms with Gasteiger partial charge < -0.3 is 0 Å². The predicted octanol–water partition coefficient (Wildman–Crippen LogP) is 10.2. The lowest BCUT2D eigenvalue weighted by atomic mass is 9.76. The van der Waals surface area contributed by atoms with E-state index in [9.17, 15) is 26.3 Å². The van der Waals surface area contributed by atoms with Gasteiger partial charge in [0, 0.05) is 17.8 Å². The van der Waals surface area contributed by atoms with E-state index in [0.717, 1.165) is 25.7 Å². The molecule has 0 amide bonds. The zero-order chi connectivity index (χ0) is 24.9. The van der Waals surface area contributed by atoms with Crippen molar-refractivity contribution in [2.24, 2.45) is 17.8 Å². The maximum atomic E-state index is 15.0. The summed E-state index contributed by atoms with van der Waals surface area (Å²) >= 11 is 0. The molecule has 0 N–H and O–H groups in total. The van der Waals surface area contributed by atoms with Gasteiger partial charge in [-0.3, -0.25) is 0 Å². The Morgan fingerprint density at radius 1 is 0.824 bits per heavy atom. The molecule has 0 saturated heterocycles. The van der Waals surface area contributed by atoms with Gasteiger partial charge in [0.2, 0.25) is 0 Å². The van der Waals surface area contributed by atoms with Crippen LogP contribution in [0, 0.1) is 17.8 Å². The molecule has 0 nitrogen and oxygen atoms in total. The van der Waals surface area contributed by atoms with E-state index in [1.54, 1.807) is 0 Å². The van der Waals surface area contributed by atoms with E-state index >= 15 is 0 Å². The average molecular weight is 487 g/mol. The van der Waals surface area contributed by atoms with Crippen LogP contribution in [0.5, 0.6) is 0 Å². The Bertz CT molecular complexity index is 835. The van der Waals surface area contributed by atoms with Crippen LogP contribution < -0.4 is 0 Å². The number of rotatable bonds is 7. The molecule has 6 heteroatoms. The summed E-state index contributed by atoms with van der Waals surface area (Å²) in [6, 6.07) is 8.71. The Morgan fingerprint density at radius 3 is 1.76 bits per heavy atom. The normalized spacial score (nSPS) is 28.4. The van der Waals surface area contributed by atoms with Crippen molar-refractivity contribution in [2.75, 3.05) is 0 Å². The molecule has 0 radical (unpaired) electrons. The minimum absolute atomic E-state index is 0.101. The second kappa shape index (κ2) is 11.8. The largest absolute Gasteiger partial charge is 0.412 e. The molecule has 1 unspecified atom stereocenters. The van der Waals surface area contributed by atoms with E-state index < -0.39 is 41.4 Å². The minimum atomic E-state index is -4.70. The van der Waals surface area contributed by atoms with Gasteiger partial charge in [0.15, 0.2) is 0 Å². The van der Waals surface area contributed by atoms with E-state index in [1.165, 1.54) is 11.1 Å². The zero-order valence-corrected chi connectivity index (χ0v) is 20.1. The third-order valence-corrected chi connectivity index (χ3v) is 7.79. The lowest BCUT2D eigenvalue weighted by Crippen LogP contribution is -2.19. The highest BCUT2D eigenvalue weighted by atomic mass is 19.4. The molecule has 1 aromatic rings. The van der Waals surface area contributed by atoms with Gasteiger partial charge in [-0.1, -0.05) is 44.5 Å². The third kappa shape index (κ3) is 7.14. The number of alkyl halides is 3. The van der Waals surface area contributed by atoms with Gasteiger partial charge in [-0.25, -0.2) is 13.2 Å². The molecular weight excluding hydrogens is 450 g/mol. The summed E-state index contributed by atoms with van der Waals surface area (Å²) in [6.07, 6.45) is 0.583. The number of benzene rings is 1. The van der Waals surface area contributed by atoms with Crippen molar-refractivity contribution in [2.45, 2.75) is 96.1 Å². The van der Waals surface area contributed by atoms with Gasteiger partial charge in [0.25, 0.3) is 0 Å². The highest BCUT2D eigenvalue weighted by molar-refractivity contribution is 5.28. The van der Waals surface area contributed by atoms with Crippen molar-refractivity contribution >= 4 is 0 Å². The Morgan fingerprint density at radius 2 is 1.29 bits per heavy atom. The summed E-state index contributed by atoms with van der Waals surface area (Å²) in [5, 5.41) is 0. The summed E-state index contributed by atoms with van der Waals surface area (Å²) in [5.41, 5.74) is 2.59. The summed E-state index contributed by atoms with van der Waals surface area (Å²) in [7, 11) is 0. The maximum absolute atomic E-state index is 15.0. The van der Waals surface area contributed by atoms with Crippen LogP contribution in [0.3, 0.4) is 0 Å². The van der Waals surface area contributed by atoms with E-state index in [0.29, 0.717) is 24.7 Å². The highest BCUT2D eigenvalue weighted by Gasteiger charge is 2.34. The first-order chi connectivity index (χ1) is 16.1. The van der Waals surface area contributed by atoms with Crippen molar-refractivity contribution in [3.05, 3.63) is 58.9 Å². The molecule has 0 bridgehead atoms. The van der Waals surface area contributed by atoms with Gasteiger partial charge >= 0.3 is 6.18 Å². The van der Waals surface area contributed by atoms with Crippen LogP contribution in [0.15, 0.2) is 47.8 Å². The van der Waals surface area contributed by atoms with Crippen LogP contribution in [0.4, 0.5) is 26.3 Å². The van der Waals surface area contributed by atoms with Crippen LogP contribution in [0.1, 0.15) is 101 Å². The maximum Gasteiger partial charge on any atom is 0.412 e. The smallest absolute Gasteiger partial charge is 0.212 e. The van der Waals surface area contributed by atoms with Crippen LogP contribution in [-0.2, 0) is 0 Å². The first kappa shape index (κ1) is 26.9. The molecule has 0 aliphatic heterocycles. The second-order valence-electron chi connectivity index (χ2n) is 10.2. The van der Waals surface area contributed by atoms with Crippen molar-refractivity contribution in [3.63, 3.8) is 0 Å². The summed E-state index contributed by atoms with van der Waals surface area (Å²) in [4.78, 5) is 0. The molecule has 190 valence electrons. The van der Waals surface area contributed by atoms with Crippen molar-refractivity contribution in [1.82, 2.24) is 0 Å². The van der Waals surface area contributed by atoms with Crippen molar-refractivity contribution in [1.29, 1.82) is 0 Å².